The highest BCUT2D eigenvalue weighted by Crippen LogP contribution is 2.51. The van der Waals surface area contributed by atoms with Crippen molar-refractivity contribution in [3.63, 3.8) is 0 Å². The maximum absolute atomic E-state index is 14.0. The zero-order valence-corrected chi connectivity index (χ0v) is 28.5. The number of rotatable bonds is 10. The van der Waals surface area contributed by atoms with Crippen LogP contribution in [0.4, 0.5) is 4.39 Å². The van der Waals surface area contributed by atoms with Gasteiger partial charge >= 0.3 is 5.97 Å². The van der Waals surface area contributed by atoms with E-state index in [1.165, 1.54) is 37.0 Å². The summed E-state index contributed by atoms with van der Waals surface area (Å²) < 4.78 is 27.1. The van der Waals surface area contributed by atoms with Crippen molar-refractivity contribution in [2.45, 2.75) is 103 Å². The molecule has 0 amide bonds. The average molecular weight is 637 g/mol. The van der Waals surface area contributed by atoms with Crippen LogP contribution < -0.4 is 9.47 Å². The Kier molecular flexibility index (Phi) is 11.4. The number of benzene rings is 2. The van der Waals surface area contributed by atoms with E-state index in [1.54, 1.807) is 0 Å². The third-order valence-corrected chi connectivity index (χ3v) is 10.1. The van der Waals surface area contributed by atoms with Crippen LogP contribution in [0.3, 0.4) is 0 Å². The van der Waals surface area contributed by atoms with Crippen LogP contribution in [0.5, 0.6) is 11.5 Å². The Hall–Kier alpha value is -2.85. The summed E-state index contributed by atoms with van der Waals surface area (Å²) in [5, 5.41) is 0. The molecule has 3 aliphatic rings. The molecule has 0 bridgehead atoms. The zero-order valence-electron chi connectivity index (χ0n) is 27.7. The molecule has 3 heterocycles. The minimum Gasteiger partial charge on any atom is -0.483 e. The molecule has 5 nitrogen and oxygen atoms in total. The van der Waals surface area contributed by atoms with Gasteiger partial charge in [-0.1, -0.05) is 44.7 Å². The quantitative estimate of drug-likeness (QED) is 0.149. The first-order chi connectivity index (χ1) is 21.1. The summed E-state index contributed by atoms with van der Waals surface area (Å²) in [5.41, 5.74) is 4.30. The van der Waals surface area contributed by atoms with Crippen molar-refractivity contribution in [3.8, 4) is 23.8 Å². The van der Waals surface area contributed by atoms with E-state index < -0.39 is 11.0 Å². The molecule has 1 fully saturated rings. The second-order valence-electron chi connectivity index (χ2n) is 13.6. The van der Waals surface area contributed by atoms with Crippen LogP contribution >= 0.6 is 12.4 Å². The van der Waals surface area contributed by atoms with Crippen LogP contribution in [0.2, 0.25) is 0 Å². The van der Waals surface area contributed by atoms with Gasteiger partial charge in [-0.05, 0) is 113 Å². The summed E-state index contributed by atoms with van der Waals surface area (Å²) in [4.78, 5) is 18.3. The number of esters is 1. The Balaban J connectivity index is 0.00000461. The van der Waals surface area contributed by atoms with Crippen molar-refractivity contribution in [3.05, 3.63) is 64.5 Å². The first-order valence-electron chi connectivity index (χ1n) is 16.5. The van der Waals surface area contributed by atoms with Gasteiger partial charge < -0.3 is 14.4 Å². The molecule has 45 heavy (non-hydrogen) atoms. The molecular weight excluding hydrogens is 587 g/mol. The fourth-order valence-electron chi connectivity index (χ4n) is 7.54. The second-order valence-corrected chi connectivity index (χ2v) is 13.6. The second kappa shape index (κ2) is 14.7. The Bertz CT molecular complexity index is 1430. The van der Waals surface area contributed by atoms with E-state index in [2.05, 4.69) is 56.4 Å². The van der Waals surface area contributed by atoms with Crippen molar-refractivity contribution in [1.29, 1.82) is 0 Å². The van der Waals surface area contributed by atoms with Crippen molar-refractivity contribution in [2.24, 2.45) is 0 Å². The Labute approximate surface area is 275 Å². The number of fused-ring (bicyclic) bond motifs is 2. The van der Waals surface area contributed by atoms with E-state index in [0.29, 0.717) is 31.3 Å². The van der Waals surface area contributed by atoms with Crippen molar-refractivity contribution < 1.29 is 18.7 Å². The first-order valence-corrected chi connectivity index (χ1v) is 16.5. The number of nitrogens with zero attached hydrogens (tertiary/aromatic N) is 2. The van der Waals surface area contributed by atoms with Crippen LogP contribution in [0.15, 0.2) is 42.0 Å². The highest BCUT2D eigenvalue weighted by Gasteiger charge is 2.41. The van der Waals surface area contributed by atoms with Gasteiger partial charge in [0.25, 0.3) is 0 Å². The van der Waals surface area contributed by atoms with Crippen LogP contribution in [-0.2, 0) is 10.2 Å². The summed E-state index contributed by atoms with van der Waals surface area (Å²) in [6.07, 6.45) is 13.2. The summed E-state index contributed by atoms with van der Waals surface area (Å²) in [5.74, 6) is 3.58. The van der Waals surface area contributed by atoms with E-state index in [0.717, 1.165) is 73.3 Å². The van der Waals surface area contributed by atoms with Crippen LogP contribution in [-0.4, -0.2) is 60.1 Å². The van der Waals surface area contributed by atoms with Gasteiger partial charge in [0.05, 0.1) is 12.1 Å². The van der Waals surface area contributed by atoms with Gasteiger partial charge in [0.2, 0.25) is 0 Å². The SMILES string of the molecule is C#CCN1CCC2=C(C1)c1c(OC(=O)CCCN3CCCCC3C)cc(C(C)(CCC)c3ccc(F)cc3)cc1OC2(C)C.Cl. The molecular formula is C38H50ClFN2O3. The van der Waals surface area contributed by atoms with Crippen molar-refractivity contribution >= 4 is 23.9 Å². The first kappa shape index (κ1) is 35.0. The van der Waals surface area contributed by atoms with Gasteiger partial charge in [-0.3, -0.25) is 9.69 Å². The van der Waals surface area contributed by atoms with Crippen LogP contribution in [0.1, 0.15) is 103 Å². The van der Waals surface area contributed by atoms with Gasteiger partial charge in [0, 0.05) is 31.0 Å². The number of piperidine rings is 1. The Morgan fingerprint density at radius 3 is 2.62 bits per heavy atom. The molecule has 1 saturated heterocycles. The normalized spacial score (nSPS) is 21.0. The predicted molar refractivity (Wildman–Crippen MR) is 183 cm³/mol. The topological polar surface area (TPSA) is 42.0 Å². The predicted octanol–water partition coefficient (Wildman–Crippen LogP) is 8.18. The van der Waals surface area contributed by atoms with Crippen molar-refractivity contribution in [2.75, 3.05) is 32.7 Å². The molecule has 0 aliphatic carbocycles. The molecule has 0 spiro atoms. The third-order valence-electron chi connectivity index (χ3n) is 10.1. The highest BCUT2D eigenvalue weighted by molar-refractivity contribution is 5.86. The Morgan fingerprint density at radius 1 is 1.18 bits per heavy atom. The number of likely N-dealkylation sites (tertiary alicyclic amines) is 1. The molecule has 2 unspecified atom stereocenters. The third kappa shape index (κ3) is 7.59. The molecule has 5 rings (SSSR count). The summed E-state index contributed by atoms with van der Waals surface area (Å²) in [6.45, 7) is 15.0. The number of carbonyl (C=O) groups is 1. The molecule has 244 valence electrons. The van der Waals surface area contributed by atoms with Gasteiger partial charge in [-0.2, -0.15) is 0 Å². The van der Waals surface area contributed by atoms with E-state index >= 15 is 0 Å². The number of hydrogen-bond donors (Lipinski definition) is 0. The number of carbonyl (C=O) groups excluding carboxylic acids is 1. The number of ether oxygens (including phenoxy) is 2. The lowest BCUT2D eigenvalue weighted by molar-refractivity contribution is -0.134. The maximum atomic E-state index is 14.0. The van der Waals surface area contributed by atoms with Gasteiger partial charge in [0.1, 0.15) is 22.9 Å². The molecule has 0 radical (unpaired) electrons. The highest BCUT2D eigenvalue weighted by atomic mass is 35.5. The maximum Gasteiger partial charge on any atom is 0.311 e. The summed E-state index contributed by atoms with van der Waals surface area (Å²) in [7, 11) is 0. The van der Waals surface area contributed by atoms with E-state index in [4.69, 9.17) is 15.9 Å². The molecule has 7 heteroatoms. The lowest BCUT2D eigenvalue weighted by Crippen LogP contribution is -2.42. The smallest absolute Gasteiger partial charge is 0.311 e. The molecule has 2 aromatic carbocycles. The average Bonchev–Trinajstić information content (AvgIpc) is 2.98. The minimum absolute atomic E-state index is 0. The fraction of sp³-hybridized carbons (Fsp3) is 0.553. The largest absolute Gasteiger partial charge is 0.483 e. The lowest BCUT2D eigenvalue weighted by Gasteiger charge is -2.43. The number of hydrogen-bond acceptors (Lipinski definition) is 5. The van der Waals surface area contributed by atoms with Gasteiger partial charge in [0.15, 0.2) is 0 Å². The standard InChI is InChI=1S/C38H49FN2O3.ClH/c1-7-19-38(6,28-14-16-30(39)17-15-28)29-24-33(43-35(42)13-11-22-41-21-10-9-12-27(41)3)36-31-26-40(20-8-2)23-18-32(31)37(4,5)44-34(36)25-29;/h2,14-17,24-25,27H,7,9-13,18-23,26H2,1,3-6H3;1H. The lowest BCUT2D eigenvalue weighted by atomic mass is 9.72. The summed E-state index contributed by atoms with van der Waals surface area (Å²) in [6, 6.07) is 11.5. The van der Waals surface area contributed by atoms with Gasteiger partial charge in [-0.15, -0.1) is 18.8 Å². The number of terminal acetylenes is 1. The van der Waals surface area contributed by atoms with E-state index in [-0.39, 0.29) is 24.2 Å². The molecule has 3 aliphatic heterocycles. The van der Waals surface area contributed by atoms with Crippen LogP contribution in [0.25, 0.3) is 5.57 Å². The minimum atomic E-state index is -0.507. The van der Waals surface area contributed by atoms with Crippen LogP contribution in [0, 0.1) is 18.2 Å². The molecule has 2 atom stereocenters. The van der Waals surface area contributed by atoms with E-state index in [1.807, 2.05) is 18.2 Å². The van der Waals surface area contributed by atoms with Crippen molar-refractivity contribution in [1.82, 2.24) is 9.80 Å². The Morgan fingerprint density at radius 2 is 1.93 bits per heavy atom. The number of halogens is 2. The molecule has 0 saturated carbocycles. The molecule has 2 aromatic rings. The molecule has 0 N–H and O–H groups in total. The monoisotopic (exact) mass is 636 g/mol. The van der Waals surface area contributed by atoms with Gasteiger partial charge in [-0.25, -0.2) is 4.39 Å². The van der Waals surface area contributed by atoms with E-state index in [9.17, 15) is 9.18 Å². The summed E-state index contributed by atoms with van der Waals surface area (Å²) >= 11 is 0. The zero-order chi connectivity index (χ0) is 31.5. The molecule has 0 aromatic heterocycles. The fourth-order valence-corrected chi connectivity index (χ4v) is 7.54.